The normalized spacial score (nSPS) is 34.1. The molecule has 228 valence electrons. The molecule has 0 saturated carbocycles. The van der Waals surface area contributed by atoms with E-state index in [2.05, 4.69) is 67.7 Å². The molecule has 39 heavy (non-hydrogen) atoms. The fraction of sp³-hybridized carbons (Fsp3) is 0.929. The molecule has 0 aromatic rings. The molecule has 11 heteroatoms. The highest BCUT2D eigenvalue weighted by atomic mass is 32.2. The van der Waals surface area contributed by atoms with E-state index in [1.54, 1.807) is 0 Å². The summed E-state index contributed by atoms with van der Waals surface area (Å²) in [6.45, 7) is 26.1. The summed E-state index contributed by atoms with van der Waals surface area (Å²) in [4.78, 5) is 0. The molecule has 3 rings (SSSR count). The molecule has 0 unspecified atom stereocenters. The van der Waals surface area contributed by atoms with Crippen LogP contribution in [0.15, 0.2) is 11.8 Å². The fourth-order valence-corrected chi connectivity index (χ4v) is 8.20. The van der Waals surface area contributed by atoms with E-state index < -0.39 is 44.7 Å². The van der Waals surface area contributed by atoms with Gasteiger partial charge in [0.05, 0.1) is 36.8 Å². The van der Waals surface area contributed by atoms with Gasteiger partial charge in [0.1, 0.15) is 11.9 Å². The lowest BCUT2D eigenvalue weighted by molar-refractivity contribution is -0.162. The topological polar surface area (TPSA) is 89.5 Å². The zero-order valence-corrected chi connectivity index (χ0v) is 29.4. The van der Waals surface area contributed by atoms with E-state index in [0.29, 0.717) is 19.3 Å². The van der Waals surface area contributed by atoms with Crippen LogP contribution >= 0.6 is 0 Å². The Morgan fingerprint density at radius 2 is 1.33 bits per heavy atom. The third-order valence-corrected chi connectivity index (χ3v) is 18.6. The zero-order valence-electron chi connectivity index (χ0n) is 26.5. The summed E-state index contributed by atoms with van der Waals surface area (Å²) < 4.78 is 63.8. The minimum Gasteiger partial charge on any atom is -0.411 e. The van der Waals surface area contributed by atoms with Crippen molar-refractivity contribution in [3.63, 3.8) is 0 Å². The zero-order chi connectivity index (χ0) is 29.8. The third-order valence-electron chi connectivity index (χ3n) is 9.14. The average molecular weight is 607 g/mol. The van der Waals surface area contributed by atoms with E-state index in [0.717, 1.165) is 12.7 Å². The maximum absolute atomic E-state index is 12.4. The van der Waals surface area contributed by atoms with E-state index >= 15 is 0 Å². The molecule has 0 aliphatic carbocycles. The molecule has 3 aliphatic rings. The lowest BCUT2D eigenvalue weighted by Crippen LogP contribution is -2.58. The molecule has 2 fully saturated rings. The summed E-state index contributed by atoms with van der Waals surface area (Å²) in [5.41, 5.74) is 0. The molecule has 0 N–H and O–H groups in total. The number of hydrogen-bond donors (Lipinski definition) is 0. The fourth-order valence-electron chi connectivity index (χ4n) is 5.00. The molecular weight excluding hydrogens is 553 g/mol. The monoisotopic (exact) mass is 606 g/mol. The van der Waals surface area contributed by atoms with Crippen molar-refractivity contribution in [1.29, 1.82) is 0 Å². The third kappa shape index (κ3) is 8.18. The molecule has 0 aromatic heterocycles. The highest BCUT2D eigenvalue weighted by Gasteiger charge is 2.51. The molecule has 0 radical (unpaired) electrons. The first-order chi connectivity index (χ1) is 17.4. The maximum atomic E-state index is 12.4. The predicted octanol–water partition coefficient (Wildman–Crippen LogP) is 6.49. The van der Waals surface area contributed by atoms with E-state index in [1.807, 2.05) is 19.9 Å². The molecule has 3 aliphatic heterocycles. The van der Waals surface area contributed by atoms with Gasteiger partial charge in [-0.2, -0.15) is 8.42 Å². The second kappa shape index (κ2) is 11.1. The Hall–Kier alpha value is -0.276. The van der Waals surface area contributed by atoms with Gasteiger partial charge in [-0.1, -0.05) is 41.5 Å². The highest BCUT2D eigenvalue weighted by molar-refractivity contribution is 7.86. The second-order valence-corrected chi connectivity index (χ2v) is 26.2. The molecule has 0 spiro atoms. The molecule has 0 aromatic carbocycles. The van der Waals surface area contributed by atoms with Crippen molar-refractivity contribution in [1.82, 2.24) is 0 Å². The van der Waals surface area contributed by atoms with Crippen LogP contribution in [-0.2, 0) is 37.4 Å². The number of hydrogen-bond acceptors (Lipinski definition) is 8. The smallest absolute Gasteiger partial charge is 0.306 e. The van der Waals surface area contributed by atoms with Crippen molar-refractivity contribution in [2.75, 3.05) is 6.26 Å². The largest absolute Gasteiger partial charge is 0.411 e. The van der Waals surface area contributed by atoms with Crippen molar-refractivity contribution in [2.24, 2.45) is 0 Å². The lowest BCUT2D eigenvalue weighted by Gasteiger charge is -2.49. The molecule has 2 saturated heterocycles. The van der Waals surface area contributed by atoms with Crippen molar-refractivity contribution < 1.29 is 35.7 Å². The van der Waals surface area contributed by atoms with Crippen molar-refractivity contribution in [3.8, 4) is 0 Å². The minimum atomic E-state index is -3.80. The van der Waals surface area contributed by atoms with Gasteiger partial charge in [-0.05, 0) is 75.5 Å². The van der Waals surface area contributed by atoms with E-state index in [9.17, 15) is 8.42 Å². The molecule has 2 bridgehead atoms. The predicted molar refractivity (Wildman–Crippen MR) is 159 cm³/mol. The van der Waals surface area contributed by atoms with Crippen LogP contribution in [0.2, 0.25) is 36.3 Å². The van der Waals surface area contributed by atoms with Gasteiger partial charge in [0.25, 0.3) is 0 Å². The Labute approximate surface area is 239 Å². The van der Waals surface area contributed by atoms with E-state index in [4.69, 9.17) is 27.2 Å². The maximum Gasteiger partial charge on any atom is 0.306 e. The first-order valence-electron chi connectivity index (χ1n) is 14.4. The first-order valence-corrected chi connectivity index (χ1v) is 22.0. The van der Waals surface area contributed by atoms with Gasteiger partial charge >= 0.3 is 10.1 Å². The summed E-state index contributed by atoms with van der Waals surface area (Å²) in [5, 5.41) is -0.0113. The van der Waals surface area contributed by atoms with Gasteiger partial charge in [0.2, 0.25) is 0 Å². The molecule has 8 nitrogen and oxygen atoms in total. The van der Waals surface area contributed by atoms with Gasteiger partial charge in [-0.3, -0.25) is 0 Å². The Balaban J connectivity index is 2.08. The van der Waals surface area contributed by atoms with Crippen LogP contribution in [0.4, 0.5) is 0 Å². The summed E-state index contributed by atoms with van der Waals surface area (Å²) >= 11 is 0. The molecule has 0 amide bonds. The minimum absolute atomic E-state index is 0.0254. The van der Waals surface area contributed by atoms with Crippen molar-refractivity contribution >= 4 is 26.8 Å². The quantitative estimate of drug-likeness (QED) is 0.250. The van der Waals surface area contributed by atoms with Crippen LogP contribution in [0.1, 0.15) is 81.1 Å². The van der Waals surface area contributed by atoms with Gasteiger partial charge in [-0.25, -0.2) is 0 Å². The van der Waals surface area contributed by atoms with Gasteiger partial charge in [0, 0.05) is 6.42 Å². The molecular formula is C28H54O8SSi2. The van der Waals surface area contributed by atoms with Crippen LogP contribution in [0.3, 0.4) is 0 Å². The van der Waals surface area contributed by atoms with Crippen molar-refractivity contribution in [3.05, 3.63) is 11.8 Å². The van der Waals surface area contributed by atoms with E-state index in [1.165, 1.54) is 0 Å². The van der Waals surface area contributed by atoms with Crippen LogP contribution in [-0.4, -0.2) is 73.7 Å². The Morgan fingerprint density at radius 3 is 1.85 bits per heavy atom. The van der Waals surface area contributed by atoms with E-state index in [-0.39, 0.29) is 40.3 Å². The standard InChI is InChI=1S/C28H54O8SSi2/c1-26(2,3)38(10,11)35-23-18-24(36-39(12,13)27(4,5)6)25-22(34-37(9,29)30)17-16-21-20(15-14-19(23)31-25)32-28(7,8)33-21/h17,19-21,23-25H,14-16,18H2,1-13H3/b22-17+/t19-,20+,21+,23+,24-,25+/m0/s1. The van der Waals surface area contributed by atoms with Gasteiger partial charge in [0.15, 0.2) is 22.4 Å². The van der Waals surface area contributed by atoms with Crippen LogP contribution in [0.25, 0.3) is 0 Å². The Morgan fingerprint density at radius 1 is 0.846 bits per heavy atom. The second-order valence-electron chi connectivity index (χ2n) is 15.1. The molecule has 3 heterocycles. The van der Waals surface area contributed by atoms with Crippen LogP contribution in [0.5, 0.6) is 0 Å². The Kier molecular flexibility index (Phi) is 9.45. The number of rotatable bonds is 6. The molecule has 6 atom stereocenters. The lowest BCUT2D eigenvalue weighted by atomic mass is 9.91. The van der Waals surface area contributed by atoms with Gasteiger partial charge < -0.3 is 27.2 Å². The first kappa shape index (κ1) is 33.2. The highest BCUT2D eigenvalue weighted by Crippen LogP contribution is 2.45. The number of ether oxygens (including phenoxy) is 3. The van der Waals surface area contributed by atoms with Crippen LogP contribution < -0.4 is 0 Å². The number of fused-ring (bicyclic) bond motifs is 3. The summed E-state index contributed by atoms with van der Waals surface area (Å²) in [6.07, 6.45) is 3.54. The van der Waals surface area contributed by atoms with Crippen LogP contribution in [0, 0.1) is 0 Å². The SMILES string of the molecule is CC1(C)O[C@@H]2C/C=C(/OS(C)(=O)=O)[C@H]3O[C@@H](CC[C@H]2O1)[C@H](O[Si](C)(C)C(C)(C)C)C[C@@H]3O[Si](C)(C)C(C)(C)C. The summed E-state index contributed by atoms with van der Waals surface area (Å²) in [7, 11) is -8.21. The summed E-state index contributed by atoms with van der Waals surface area (Å²) in [5.74, 6) is -0.443. The van der Waals surface area contributed by atoms with Gasteiger partial charge in [-0.15, -0.1) is 0 Å². The average Bonchev–Trinajstić information content (AvgIpc) is 3.01. The van der Waals surface area contributed by atoms with Crippen molar-refractivity contribution in [2.45, 2.75) is 160 Å². The summed E-state index contributed by atoms with van der Waals surface area (Å²) in [6, 6.07) is 0. The Bertz CT molecular complexity index is 1010.